The topological polar surface area (TPSA) is 68.7 Å². The molecular formula is C22H24N2O4S. The van der Waals surface area contributed by atoms with Crippen molar-refractivity contribution in [2.24, 2.45) is 0 Å². The molecule has 0 spiro atoms. The van der Waals surface area contributed by atoms with Crippen molar-refractivity contribution in [1.82, 2.24) is 9.29 Å². The lowest BCUT2D eigenvalue weighted by Gasteiger charge is -2.33. The van der Waals surface area contributed by atoms with Crippen molar-refractivity contribution in [3.8, 4) is 0 Å². The first-order chi connectivity index (χ1) is 14.1. The van der Waals surface area contributed by atoms with Gasteiger partial charge in [0, 0.05) is 24.7 Å². The minimum Gasteiger partial charge on any atom is -0.380 e. The van der Waals surface area contributed by atoms with Crippen LogP contribution >= 0.6 is 0 Å². The molecule has 0 unspecified atom stereocenters. The molecule has 0 bridgehead atoms. The minimum absolute atomic E-state index is 0.204. The van der Waals surface area contributed by atoms with Crippen LogP contribution in [0.1, 0.15) is 18.1 Å². The van der Waals surface area contributed by atoms with E-state index in [0.717, 1.165) is 16.5 Å². The number of pyridine rings is 1. The number of benzene rings is 2. The lowest BCUT2D eigenvalue weighted by Crippen LogP contribution is -2.46. The Kier molecular flexibility index (Phi) is 5.91. The van der Waals surface area contributed by atoms with Crippen LogP contribution in [0.3, 0.4) is 0 Å². The van der Waals surface area contributed by atoms with Crippen molar-refractivity contribution >= 4 is 20.9 Å². The Bertz CT molecular complexity index is 1100. The monoisotopic (exact) mass is 412 g/mol. The molecule has 2 aromatic carbocycles. The number of rotatable bonds is 5. The number of ether oxygens (including phenoxy) is 2. The molecule has 0 saturated heterocycles. The number of nitrogens with zero attached hydrogens (tertiary/aromatic N) is 2. The van der Waals surface area contributed by atoms with E-state index in [1.807, 2.05) is 43.3 Å². The van der Waals surface area contributed by atoms with Gasteiger partial charge in [0.05, 0.1) is 31.4 Å². The Hall–Kier alpha value is -2.32. The van der Waals surface area contributed by atoms with Gasteiger partial charge < -0.3 is 9.47 Å². The van der Waals surface area contributed by atoms with E-state index in [1.54, 1.807) is 24.4 Å². The molecule has 4 rings (SSSR count). The van der Waals surface area contributed by atoms with E-state index in [-0.39, 0.29) is 24.7 Å². The van der Waals surface area contributed by atoms with Crippen LogP contribution in [0.15, 0.2) is 65.7 Å². The molecular weight excluding hydrogens is 388 g/mol. The molecule has 3 aromatic rings. The second kappa shape index (κ2) is 8.59. The molecule has 1 aliphatic heterocycles. The molecule has 1 aromatic heterocycles. The molecule has 0 saturated carbocycles. The van der Waals surface area contributed by atoms with E-state index >= 15 is 0 Å². The largest absolute Gasteiger partial charge is 0.380 e. The summed E-state index contributed by atoms with van der Waals surface area (Å²) >= 11 is 0. The van der Waals surface area contributed by atoms with Crippen molar-refractivity contribution in [1.29, 1.82) is 0 Å². The van der Waals surface area contributed by atoms with E-state index in [4.69, 9.17) is 9.47 Å². The number of sulfonamides is 1. The second-order valence-corrected chi connectivity index (χ2v) is 8.84. The van der Waals surface area contributed by atoms with Gasteiger partial charge in [-0.05, 0) is 30.2 Å². The van der Waals surface area contributed by atoms with E-state index in [9.17, 15) is 8.42 Å². The van der Waals surface area contributed by atoms with Crippen LogP contribution in [0.25, 0.3) is 10.9 Å². The Balaban J connectivity index is 1.82. The molecule has 1 atom stereocenters. The van der Waals surface area contributed by atoms with Gasteiger partial charge in [-0.2, -0.15) is 4.31 Å². The standard InChI is InChI=1S/C22H24N2O4S/c1-2-27-15-20-16-28-14-19-8-4-3-7-18(19)13-24(20)29(25,26)21-11-5-9-17-10-6-12-23-22(17)21/h3-12,20H,2,13-16H2,1H3/t20-/m1/s1. The molecule has 0 amide bonds. The first-order valence-electron chi connectivity index (χ1n) is 9.69. The highest BCUT2D eigenvalue weighted by molar-refractivity contribution is 7.89. The van der Waals surface area contributed by atoms with E-state index in [0.29, 0.717) is 18.7 Å². The summed E-state index contributed by atoms with van der Waals surface area (Å²) in [5.41, 5.74) is 2.41. The fourth-order valence-corrected chi connectivity index (χ4v) is 5.36. The lowest BCUT2D eigenvalue weighted by atomic mass is 10.1. The average Bonchev–Trinajstić information content (AvgIpc) is 2.73. The van der Waals surface area contributed by atoms with Gasteiger partial charge in [0.1, 0.15) is 4.90 Å². The highest BCUT2D eigenvalue weighted by Gasteiger charge is 2.35. The van der Waals surface area contributed by atoms with Gasteiger partial charge in [-0.25, -0.2) is 8.42 Å². The molecule has 6 nitrogen and oxygen atoms in total. The summed E-state index contributed by atoms with van der Waals surface area (Å²) in [6, 6.07) is 16.3. The van der Waals surface area contributed by atoms with Crippen molar-refractivity contribution in [3.05, 3.63) is 71.9 Å². The second-order valence-electron chi connectivity index (χ2n) is 6.98. The highest BCUT2D eigenvalue weighted by atomic mass is 32.2. The van der Waals surface area contributed by atoms with Crippen LogP contribution in [-0.2, 0) is 32.6 Å². The molecule has 1 aliphatic rings. The molecule has 0 radical (unpaired) electrons. The predicted octanol–water partition coefficient (Wildman–Crippen LogP) is 3.36. The van der Waals surface area contributed by atoms with Crippen LogP contribution in [0, 0.1) is 0 Å². The number of para-hydroxylation sites is 1. The number of fused-ring (bicyclic) bond motifs is 2. The fraction of sp³-hybridized carbons (Fsp3) is 0.318. The first-order valence-corrected chi connectivity index (χ1v) is 11.1. The summed E-state index contributed by atoms with van der Waals surface area (Å²) in [6.45, 7) is 3.68. The lowest BCUT2D eigenvalue weighted by molar-refractivity contribution is 0.0211. The number of hydrogen-bond donors (Lipinski definition) is 0. The number of aromatic nitrogens is 1. The van der Waals surface area contributed by atoms with Crippen LogP contribution in [0.4, 0.5) is 0 Å². The summed E-state index contributed by atoms with van der Waals surface area (Å²) in [5, 5.41) is 0.790. The fourth-order valence-electron chi connectivity index (χ4n) is 3.61. The summed E-state index contributed by atoms with van der Waals surface area (Å²) in [7, 11) is -3.84. The SMILES string of the molecule is CCOC[C@@H]1COCc2ccccc2CN1S(=O)(=O)c1cccc2cccnc12. The van der Waals surface area contributed by atoms with Crippen molar-refractivity contribution < 1.29 is 17.9 Å². The minimum atomic E-state index is -3.84. The van der Waals surface area contributed by atoms with Crippen LogP contribution in [0.2, 0.25) is 0 Å². The Labute approximate surface area is 171 Å². The van der Waals surface area contributed by atoms with Gasteiger partial charge in [-0.15, -0.1) is 0 Å². The van der Waals surface area contributed by atoms with Gasteiger partial charge in [-0.3, -0.25) is 4.98 Å². The summed E-state index contributed by atoms with van der Waals surface area (Å²) in [5.74, 6) is 0. The van der Waals surface area contributed by atoms with Crippen molar-refractivity contribution in [2.75, 3.05) is 19.8 Å². The highest BCUT2D eigenvalue weighted by Crippen LogP contribution is 2.29. The van der Waals surface area contributed by atoms with Gasteiger partial charge in [0.2, 0.25) is 10.0 Å². The maximum atomic E-state index is 13.8. The summed E-state index contributed by atoms with van der Waals surface area (Å²) < 4.78 is 40.6. The Morgan fingerprint density at radius 1 is 1.10 bits per heavy atom. The maximum Gasteiger partial charge on any atom is 0.245 e. The van der Waals surface area contributed by atoms with E-state index < -0.39 is 16.1 Å². The summed E-state index contributed by atoms with van der Waals surface area (Å²) in [4.78, 5) is 4.55. The van der Waals surface area contributed by atoms with Gasteiger partial charge >= 0.3 is 0 Å². The predicted molar refractivity (Wildman–Crippen MR) is 111 cm³/mol. The van der Waals surface area contributed by atoms with E-state index in [2.05, 4.69) is 4.98 Å². The van der Waals surface area contributed by atoms with E-state index in [1.165, 1.54) is 4.31 Å². The molecule has 0 aliphatic carbocycles. The zero-order valence-electron chi connectivity index (χ0n) is 16.3. The summed E-state index contributed by atoms with van der Waals surface area (Å²) in [6.07, 6.45) is 1.62. The smallest absolute Gasteiger partial charge is 0.245 e. The van der Waals surface area contributed by atoms with Crippen molar-refractivity contribution in [3.63, 3.8) is 0 Å². The average molecular weight is 413 g/mol. The first kappa shape index (κ1) is 20.0. The zero-order valence-corrected chi connectivity index (χ0v) is 17.1. The van der Waals surface area contributed by atoms with Gasteiger partial charge in [0.15, 0.2) is 0 Å². The third-order valence-electron chi connectivity index (χ3n) is 5.12. The van der Waals surface area contributed by atoms with Gasteiger partial charge in [-0.1, -0.05) is 42.5 Å². The van der Waals surface area contributed by atoms with Gasteiger partial charge in [0.25, 0.3) is 0 Å². The van der Waals surface area contributed by atoms with Crippen LogP contribution in [0.5, 0.6) is 0 Å². The zero-order chi connectivity index (χ0) is 20.3. The molecule has 2 heterocycles. The molecule has 0 fully saturated rings. The van der Waals surface area contributed by atoms with Crippen LogP contribution in [-0.4, -0.2) is 43.6 Å². The van der Waals surface area contributed by atoms with Crippen molar-refractivity contribution in [2.45, 2.75) is 31.0 Å². The third-order valence-corrected chi connectivity index (χ3v) is 7.05. The van der Waals surface area contributed by atoms with Crippen LogP contribution < -0.4 is 0 Å². The molecule has 29 heavy (non-hydrogen) atoms. The molecule has 0 N–H and O–H groups in total. The molecule has 7 heteroatoms. The number of hydrogen-bond acceptors (Lipinski definition) is 5. The molecule has 152 valence electrons. The third kappa shape index (κ3) is 4.04. The Morgan fingerprint density at radius 2 is 1.90 bits per heavy atom. The quantitative estimate of drug-likeness (QED) is 0.643. The normalized spacial score (nSPS) is 18.2. The Morgan fingerprint density at radius 3 is 2.72 bits per heavy atom. The maximum absolute atomic E-state index is 13.8.